The van der Waals surface area contributed by atoms with Crippen LogP contribution in [0.5, 0.6) is 0 Å². The molecule has 0 radical (unpaired) electrons. The van der Waals surface area contributed by atoms with Crippen molar-refractivity contribution in [2.45, 2.75) is 12.6 Å². The van der Waals surface area contributed by atoms with Crippen LogP contribution >= 0.6 is 0 Å². The van der Waals surface area contributed by atoms with Gasteiger partial charge in [-0.15, -0.1) is 0 Å². The van der Waals surface area contributed by atoms with E-state index >= 15 is 0 Å². The molecule has 2 aliphatic heterocycles. The second kappa shape index (κ2) is 5.54. The molecule has 6 nitrogen and oxygen atoms in total. The first kappa shape index (κ1) is 13.6. The van der Waals surface area contributed by atoms with Crippen molar-refractivity contribution in [2.24, 2.45) is 0 Å². The highest BCUT2D eigenvalue weighted by Gasteiger charge is 2.39. The van der Waals surface area contributed by atoms with Crippen LogP contribution in [0.1, 0.15) is 11.1 Å². The summed E-state index contributed by atoms with van der Waals surface area (Å²) in [7, 11) is 0. The second-order valence-corrected chi connectivity index (χ2v) is 5.31. The lowest BCUT2D eigenvalue weighted by Gasteiger charge is -2.43. The van der Waals surface area contributed by atoms with Crippen molar-refractivity contribution < 1.29 is 9.59 Å². The molecule has 0 aliphatic carbocycles. The van der Waals surface area contributed by atoms with Gasteiger partial charge in [0.1, 0.15) is 0 Å². The number of nitrogens with one attached hydrogen (secondary N) is 1. The highest BCUT2D eigenvalue weighted by atomic mass is 16.2. The third-order valence-corrected chi connectivity index (χ3v) is 4.01. The summed E-state index contributed by atoms with van der Waals surface area (Å²) in [6.45, 7) is 2.83. The maximum absolute atomic E-state index is 12.2. The van der Waals surface area contributed by atoms with E-state index in [1.54, 1.807) is 21.9 Å². The topological polar surface area (TPSA) is 76.4 Å². The number of carbonyl (C=O) groups excluding carboxylic acids is 2. The van der Waals surface area contributed by atoms with Crippen LogP contribution in [0, 0.1) is 11.3 Å². The van der Waals surface area contributed by atoms with Crippen LogP contribution in [0.3, 0.4) is 0 Å². The number of piperazine rings is 2. The van der Waals surface area contributed by atoms with Crippen LogP contribution in [-0.4, -0.2) is 53.8 Å². The first-order valence-electron chi connectivity index (χ1n) is 6.99. The molecule has 21 heavy (non-hydrogen) atoms. The summed E-state index contributed by atoms with van der Waals surface area (Å²) in [6, 6.07) is 9.32. The summed E-state index contributed by atoms with van der Waals surface area (Å²) in [4.78, 5) is 27.6. The van der Waals surface area contributed by atoms with Crippen molar-refractivity contribution in [1.29, 1.82) is 5.26 Å². The molecule has 6 heteroatoms. The Morgan fingerprint density at radius 1 is 1.29 bits per heavy atom. The van der Waals surface area contributed by atoms with Gasteiger partial charge in [-0.1, -0.05) is 18.2 Å². The first-order valence-corrected chi connectivity index (χ1v) is 6.99. The summed E-state index contributed by atoms with van der Waals surface area (Å²) in [5.41, 5.74) is 1.32. The predicted molar refractivity (Wildman–Crippen MR) is 74.9 cm³/mol. The summed E-state index contributed by atoms with van der Waals surface area (Å²) in [6.07, 6.45) is 0. The van der Waals surface area contributed by atoms with E-state index in [-0.39, 0.29) is 6.04 Å². The Hall–Kier alpha value is -2.39. The van der Waals surface area contributed by atoms with Gasteiger partial charge in [0.15, 0.2) is 0 Å². The highest BCUT2D eigenvalue weighted by Crippen LogP contribution is 2.18. The predicted octanol–water partition coefficient (Wildman–Crippen LogP) is -0.299. The molecule has 0 saturated carbocycles. The maximum atomic E-state index is 12.2. The fraction of sp³-hybridized carbons (Fsp3) is 0.400. The number of hydrogen-bond donors (Lipinski definition) is 1. The molecule has 1 unspecified atom stereocenters. The molecule has 1 atom stereocenters. The van der Waals surface area contributed by atoms with E-state index in [1.807, 2.05) is 12.1 Å². The SMILES string of the molecule is N#Cc1ccccc1CN1CC2CNCCN2C(=O)C1=O. The minimum atomic E-state index is -0.471. The molecule has 1 N–H and O–H groups in total. The normalized spacial score (nSPS) is 22.0. The lowest BCUT2D eigenvalue weighted by Crippen LogP contribution is -2.65. The van der Waals surface area contributed by atoms with Crippen LogP contribution in [0.4, 0.5) is 0 Å². The van der Waals surface area contributed by atoms with E-state index in [4.69, 9.17) is 5.26 Å². The van der Waals surface area contributed by atoms with Gasteiger partial charge in [0, 0.05) is 32.7 Å². The van der Waals surface area contributed by atoms with Crippen molar-refractivity contribution in [3.63, 3.8) is 0 Å². The minimum Gasteiger partial charge on any atom is -0.328 e. The van der Waals surface area contributed by atoms with Gasteiger partial charge in [0.2, 0.25) is 0 Å². The van der Waals surface area contributed by atoms with Gasteiger partial charge in [-0.05, 0) is 11.6 Å². The van der Waals surface area contributed by atoms with Crippen LogP contribution < -0.4 is 5.32 Å². The van der Waals surface area contributed by atoms with Crippen LogP contribution in [0.25, 0.3) is 0 Å². The molecule has 1 aromatic carbocycles. The maximum Gasteiger partial charge on any atom is 0.312 e. The average molecular weight is 284 g/mol. The van der Waals surface area contributed by atoms with Crippen LogP contribution in [-0.2, 0) is 16.1 Å². The lowest BCUT2D eigenvalue weighted by molar-refractivity contribution is -0.160. The molecule has 3 rings (SSSR count). The van der Waals surface area contributed by atoms with E-state index in [0.717, 1.165) is 12.1 Å². The summed E-state index contributed by atoms with van der Waals surface area (Å²) >= 11 is 0. The van der Waals surface area contributed by atoms with Crippen molar-refractivity contribution in [1.82, 2.24) is 15.1 Å². The zero-order valence-electron chi connectivity index (χ0n) is 11.6. The Morgan fingerprint density at radius 2 is 2.10 bits per heavy atom. The number of hydrogen-bond acceptors (Lipinski definition) is 4. The van der Waals surface area contributed by atoms with Gasteiger partial charge >= 0.3 is 11.8 Å². The Labute approximate surface area is 122 Å². The Kier molecular flexibility index (Phi) is 3.59. The van der Waals surface area contributed by atoms with E-state index in [2.05, 4.69) is 11.4 Å². The van der Waals surface area contributed by atoms with E-state index in [1.165, 1.54) is 0 Å². The van der Waals surface area contributed by atoms with Gasteiger partial charge in [0.25, 0.3) is 0 Å². The lowest BCUT2D eigenvalue weighted by atomic mass is 10.0. The fourth-order valence-electron chi connectivity index (χ4n) is 2.90. The molecule has 2 aliphatic rings. The first-order chi connectivity index (χ1) is 10.2. The third-order valence-electron chi connectivity index (χ3n) is 4.01. The van der Waals surface area contributed by atoms with Gasteiger partial charge in [0.05, 0.1) is 17.7 Å². The van der Waals surface area contributed by atoms with E-state index < -0.39 is 11.8 Å². The molecule has 2 heterocycles. The summed E-state index contributed by atoms with van der Waals surface area (Å²) < 4.78 is 0. The number of amides is 2. The molecule has 0 bridgehead atoms. The summed E-state index contributed by atoms with van der Waals surface area (Å²) in [5.74, 6) is -0.900. The van der Waals surface area contributed by atoms with Gasteiger partial charge in [-0.3, -0.25) is 9.59 Å². The minimum absolute atomic E-state index is 0.0261. The van der Waals surface area contributed by atoms with Gasteiger partial charge < -0.3 is 15.1 Å². The van der Waals surface area contributed by atoms with Gasteiger partial charge in [-0.25, -0.2) is 0 Å². The van der Waals surface area contributed by atoms with Gasteiger partial charge in [-0.2, -0.15) is 5.26 Å². The Balaban J connectivity index is 1.81. The van der Waals surface area contributed by atoms with Crippen molar-refractivity contribution >= 4 is 11.8 Å². The van der Waals surface area contributed by atoms with E-state index in [9.17, 15) is 9.59 Å². The molecule has 2 fully saturated rings. The molecule has 1 aromatic rings. The number of nitriles is 1. The molecule has 0 spiro atoms. The largest absolute Gasteiger partial charge is 0.328 e. The highest BCUT2D eigenvalue weighted by molar-refractivity contribution is 6.35. The van der Waals surface area contributed by atoms with Crippen LogP contribution in [0.2, 0.25) is 0 Å². The third kappa shape index (κ3) is 2.48. The number of fused-ring (bicyclic) bond motifs is 1. The Morgan fingerprint density at radius 3 is 2.90 bits per heavy atom. The van der Waals surface area contributed by atoms with Crippen molar-refractivity contribution in [2.75, 3.05) is 26.2 Å². The Bertz CT molecular complexity index is 622. The summed E-state index contributed by atoms with van der Waals surface area (Å²) in [5, 5.41) is 12.4. The monoisotopic (exact) mass is 284 g/mol. The van der Waals surface area contributed by atoms with E-state index in [0.29, 0.717) is 31.7 Å². The molecule has 2 saturated heterocycles. The molecular weight excluding hydrogens is 268 g/mol. The number of carbonyl (C=O) groups is 2. The number of nitrogens with zero attached hydrogens (tertiary/aromatic N) is 3. The number of benzene rings is 1. The number of rotatable bonds is 2. The second-order valence-electron chi connectivity index (χ2n) is 5.31. The van der Waals surface area contributed by atoms with Crippen molar-refractivity contribution in [3.05, 3.63) is 35.4 Å². The molecule has 108 valence electrons. The molecule has 2 amide bonds. The smallest absolute Gasteiger partial charge is 0.312 e. The zero-order chi connectivity index (χ0) is 14.8. The van der Waals surface area contributed by atoms with Crippen LogP contribution in [0.15, 0.2) is 24.3 Å². The van der Waals surface area contributed by atoms with Crippen molar-refractivity contribution in [3.8, 4) is 6.07 Å². The zero-order valence-corrected chi connectivity index (χ0v) is 11.6. The molecule has 0 aromatic heterocycles. The fourth-order valence-corrected chi connectivity index (χ4v) is 2.90. The quantitative estimate of drug-likeness (QED) is 0.757. The molecular formula is C15H16N4O2. The standard InChI is InChI=1S/C15H16N4O2/c16-7-11-3-1-2-4-12(11)9-18-10-13-8-17-5-6-19(13)15(21)14(18)20/h1-4,13,17H,5-6,8-10H2. The average Bonchev–Trinajstić information content (AvgIpc) is 2.53.